The van der Waals surface area contributed by atoms with Gasteiger partial charge in [-0.05, 0) is 29.7 Å². The monoisotopic (exact) mass is 451 g/mol. The lowest BCUT2D eigenvalue weighted by Crippen LogP contribution is -2.50. The van der Waals surface area contributed by atoms with Gasteiger partial charge in [0.25, 0.3) is 5.91 Å². The second-order valence-corrected chi connectivity index (χ2v) is 8.51. The lowest BCUT2D eigenvalue weighted by Gasteiger charge is -2.39. The summed E-state index contributed by atoms with van der Waals surface area (Å²) in [5.74, 6) is 0.784. The maximum Gasteiger partial charge on any atom is 0.257 e. The molecule has 0 aliphatic carbocycles. The molecule has 1 amide bonds. The van der Waals surface area contributed by atoms with Gasteiger partial charge in [0.1, 0.15) is 0 Å². The van der Waals surface area contributed by atoms with Crippen molar-refractivity contribution in [1.82, 2.24) is 24.6 Å². The van der Waals surface area contributed by atoms with Crippen LogP contribution in [0.25, 0.3) is 5.82 Å². The number of nitrogens with zero attached hydrogens (tertiary/aromatic N) is 5. The number of piperazine rings is 1. The average molecular weight is 452 g/mol. The van der Waals surface area contributed by atoms with Gasteiger partial charge >= 0.3 is 0 Å². The van der Waals surface area contributed by atoms with Crippen LogP contribution in [0.4, 0.5) is 0 Å². The molecule has 3 heterocycles. The van der Waals surface area contributed by atoms with Crippen LogP contribution in [0, 0.1) is 0 Å². The van der Waals surface area contributed by atoms with Gasteiger partial charge in [-0.15, -0.1) is 0 Å². The van der Waals surface area contributed by atoms with Gasteiger partial charge in [0.15, 0.2) is 5.82 Å². The summed E-state index contributed by atoms with van der Waals surface area (Å²) >= 11 is 0. The van der Waals surface area contributed by atoms with Crippen LogP contribution in [0.5, 0.6) is 0 Å². The number of pyridine rings is 1. The van der Waals surface area contributed by atoms with E-state index in [2.05, 4.69) is 82.6 Å². The maximum absolute atomic E-state index is 13.5. The van der Waals surface area contributed by atoms with Crippen molar-refractivity contribution >= 4 is 5.91 Å². The Bertz CT molecular complexity index is 1180. The Hall–Kier alpha value is -3.77. The second kappa shape index (κ2) is 10.0. The minimum absolute atomic E-state index is 0.0506. The van der Waals surface area contributed by atoms with Crippen LogP contribution in [0.15, 0.2) is 91.3 Å². The first-order valence-electron chi connectivity index (χ1n) is 11.9. The number of benzene rings is 2. The van der Waals surface area contributed by atoms with Gasteiger partial charge in [-0.3, -0.25) is 9.69 Å². The number of amides is 1. The van der Waals surface area contributed by atoms with Gasteiger partial charge in [-0.2, -0.15) is 5.10 Å². The number of carbonyl (C=O) groups excluding carboxylic acids is 1. The van der Waals surface area contributed by atoms with Crippen molar-refractivity contribution in [2.45, 2.75) is 19.4 Å². The summed E-state index contributed by atoms with van der Waals surface area (Å²) < 4.78 is 1.78. The van der Waals surface area contributed by atoms with Crippen molar-refractivity contribution in [1.29, 1.82) is 0 Å². The molecule has 0 atom stereocenters. The number of hydrogen-bond acceptors (Lipinski definition) is 4. The number of rotatable bonds is 6. The third-order valence-electron chi connectivity index (χ3n) is 6.50. The highest BCUT2D eigenvalue weighted by Crippen LogP contribution is 2.30. The molecular weight excluding hydrogens is 422 g/mol. The molecule has 0 N–H and O–H groups in total. The molecule has 34 heavy (non-hydrogen) atoms. The summed E-state index contributed by atoms with van der Waals surface area (Å²) in [7, 11) is 0. The van der Waals surface area contributed by atoms with Crippen LogP contribution in [0.3, 0.4) is 0 Å². The van der Waals surface area contributed by atoms with Gasteiger partial charge in [-0.25, -0.2) is 9.67 Å². The summed E-state index contributed by atoms with van der Waals surface area (Å²) in [5, 5.41) is 4.49. The molecule has 4 aromatic rings. The predicted octanol–water partition coefficient (Wildman–Crippen LogP) is 4.38. The topological polar surface area (TPSA) is 54.3 Å². The molecule has 1 aliphatic heterocycles. The molecule has 0 bridgehead atoms. The Kier molecular flexibility index (Phi) is 6.49. The zero-order chi connectivity index (χ0) is 23.3. The standard InChI is InChI=1S/C28H29N5O/c1-2-25-24(21-30-33(25)26-15-9-10-16-29-26)28(34)32-19-17-31(18-20-32)27(22-11-5-3-6-12-22)23-13-7-4-8-14-23/h3-16,21,27H,2,17-20H2,1H3. The normalized spacial score (nSPS) is 14.5. The highest BCUT2D eigenvalue weighted by molar-refractivity contribution is 5.95. The summed E-state index contributed by atoms with van der Waals surface area (Å²) in [4.78, 5) is 22.3. The fourth-order valence-electron chi connectivity index (χ4n) is 4.81. The zero-order valence-electron chi connectivity index (χ0n) is 19.4. The van der Waals surface area contributed by atoms with Crippen LogP contribution in [-0.4, -0.2) is 56.7 Å². The van der Waals surface area contributed by atoms with Crippen LogP contribution >= 0.6 is 0 Å². The Balaban J connectivity index is 1.34. The van der Waals surface area contributed by atoms with Crippen LogP contribution < -0.4 is 0 Å². The molecule has 6 heteroatoms. The summed E-state index contributed by atoms with van der Waals surface area (Å²) in [6, 6.07) is 27.1. The Labute approximate surface area is 200 Å². The van der Waals surface area contributed by atoms with E-state index in [4.69, 9.17) is 0 Å². The average Bonchev–Trinajstić information content (AvgIpc) is 3.35. The molecule has 2 aromatic carbocycles. The molecule has 5 rings (SSSR count). The van der Waals surface area contributed by atoms with E-state index >= 15 is 0 Å². The van der Waals surface area contributed by atoms with Crippen molar-refractivity contribution in [3.8, 4) is 5.82 Å². The molecule has 0 radical (unpaired) electrons. The lowest BCUT2D eigenvalue weighted by atomic mass is 9.96. The van der Waals surface area contributed by atoms with Gasteiger partial charge in [0.2, 0.25) is 0 Å². The van der Waals surface area contributed by atoms with E-state index in [-0.39, 0.29) is 11.9 Å². The zero-order valence-corrected chi connectivity index (χ0v) is 19.4. The molecule has 0 spiro atoms. The Morgan fingerprint density at radius 1 is 0.853 bits per heavy atom. The Morgan fingerprint density at radius 2 is 1.47 bits per heavy atom. The molecule has 2 aromatic heterocycles. The fourth-order valence-corrected chi connectivity index (χ4v) is 4.81. The minimum atomic E-state index is 0.0506. The predicted molar refractivity (Wildman–Crippen MR) is 133 cm³/mol. The van der Waals surface area contributed by atoms with Crippen LogP contribution in [0.1, 0.15) is 40.1 Å². The first-order valence-corrected chi connectivity index (χ1v) is 11.9. The van der Waals surface area contributed by atoms with Gasteiger partial charge in [0, 0.05) is 32.4 Å². The minimum Gasteiger partial charge on any atom is -0.336 e. The molecular formula is C28H29N5O. The van der Waals surface area contributed by atoms with Crippen molar-refractivity contribution < 1.29 is 4.79 Å². The first-order chi connectivity index (χ1) is 16.8. The largest absolute Gasteiger partial charge is 0.336 e. The number of hydrogen-bond donors (Lipinski definition) is 0. The molecule has 6 nitrogen and oxygen atoms in total. The van der Waals surface area contributed by atoms with Gasteiger partial charge in [0.05, 0.1) is 23.5 Å². The second-order valence-electron chi connectivity index (χ2n) is 8.51. The van der Waals surface area contributed by atoms with Gasteiger partial charge < -0.3 is 4.90 Å². The molecule has 0 saturated carbocycles. The van der Waals surface area contributed by atoms with E-state index in [1.165, 1.54) is 11.1 Å². The fraction of sp³-hybridized carbons (Fsp3) is 0.250. The van der Waals surface area contributed by atoms with Crippen molar-refractivity contribution in [2.24, 2.45) is 0 Å². The smallest absolute Gasteiger partial charge is 0.257 e. The number of carbonyl (C=O) groups is 1. The van der Waals surface area contributed by atoms with Crippen molar-refractivity contribution in [2.75, 3.05) is 26.2 Å². The van der Waals surface area contributed by atoms with E-state index in [1.807, 2.05) is 23.1 Å². The van der Waals surface area contributed by atoms with Crippen molar-refractivity contribution in [3.63, 3.8) is 0 Å². The summed E-state index contributed by atoms with van der Waals surface area (Å²) in [6.07, 6.45) is 4.15. The van der Waals surface area contributed by atoms with Crippen LogP contribution in [-0.2, 0) is 6.42 Å². The SMILES string of the molecule is CCc1c(C(=O)N2CCN(C(c3ccccc3)c3ccccc3)CC2)cnn1-c1ccccn1. The van der Waals surface area contributed by atoms with E-state index in [0.29, 0.717) is 25.1 Å². The van der Waals surface area contributed by atoms with Gasteiger partial charge in [-0.1, -0.05) is 73.7 Å². The molecule has 1 fully saturated rings. The molecule has 1 saturated heterocycles. The van der Waals surface area contributed by atoms with E-state index < -0.39 is 0 Å². The molecule has 172 valence electrons. The molecule has 1 aliphatic rings. The third kappa shape index (κ3) is 4.37. The highest BCUT2D eigenvalue weighted by atomic mass is 16.2. The summed E-state index contributed by atoms with van der Waals surface area (Å²) in [6.45, 7) is 5.06. The van der Waals surface area contributed by atoms with E-state index in [9.17, 15) is 4.79 Å². The highest BCUT2D eigenvalue weighted by Gasteiger charge is 2.30. The quantitative estimate of drug-likeness (QED) is 0.437. The van der Waals surface area contributed by atoms with Crippen molar-refractivity contribution in [3.05, 3.63) is 114 Å². The molecule has 0 unspecified atom stereocenters. The maximum atomic E-state index is 13.5. The number of aromatic nitrogens is 3. The van der Waals surface area contributed by atoms with E-state index in [1.54, 1.807) is 17.1 Å². The summed E-state index contributed by atoms with van der Waals surface area (Å²) in [5.41, 5.74) is 4.12. The first kappa shape index (κ1) is 22.0. The Morgan fingerprint density at radius 3 is 2.03 bits per heavy atom. The lowest BCUT2D eigenvalue weighted by molar-refractivity contribution is 0.0596. The van der Waals surface area contributed by atoms with Crippen LogP contribution in [0.2, 0.25) is 0 Å². The third-order valence-corrected chi connectivity index (χ3v) is 6.50. The van der Waals surface area contributed by atoms with E-state index in [0.717, 1.165) is 24.6 Å².